The number of β-amino-alcohol motifs (C(OH)–C–C–N with tert-alkyl or cyclic N) is 1. The van der Waals surface area contributed by atoms with Crippen molar-refractivity contribution in [2.24, 2.45) is 0 Å². The minimum atomic E-state index is -0.554. The Morgan fingerprint density at radius 3 is 2.89 bits per heavy atom. The Morgan fingerprint density at radius 1 is 1.41 bits per heavy atom. The summed E-state index contributed by atoms with van der Waals surface area (Å²) in [5.74, 6) is 0.218. The smallest absolute Gasteiger partial charge is 0.293 e. The van der Waals surface area contributed by atoms with Crippen molar-refractivity contribution in [3.8, 4) is 5.75 Å². The van der Waals surface area contributed by atoms with E-state index in [4.69, 9.17) is 4.74 Å². The molecule has 1 amide bonds. The van der Waals surface area contributed by atoms with Crippen LogP contribution in [0.15, 0.2) is 24.4 Å². The summed E-state index contributed by atoms with van der Waals surface area (Å²) in [6, 6.07) is 4.65. The van der Waals surface area contributed by atoms with Crippen LogP contribution >= 0.6 is 0 Å². The van der Waals surface area contributed by atoms with Crippen LogP contribution in [0.5, 0.6) is 5.75 Å². The lowest BCUT2D eigenvalue weighted by atomic mass is 10.0. The number of H-pyrrole nitrogens is 1. The standard InChI is InChI=1S/C18H18N4O5/c1-27-15-4-6-19-13(15)8-11-16-12(20-18(11)24)2-3-14(22(25)26)17(16)21-7-5-10(23)9-21/h2-4,6,8,10,19,23H,5,7,9H2,1H3,(H,20,24)/b11-8-/t10-/m0/s1. The molecule has 0 radical (unpaired) electrons. The van der Waals surface area contributed by atoms with Crippen molar-refractivity contribution in [3.63, 3.8) is 0 Å². The Balaban J connectivity index is 1.92. The second-order valence-electron chi connectivity index (χ2n) is 6.47. The van der Waals surface area contributed by atoms with Crippen molar-refractivity contribution in [1.29, 1.82) is 0 Å². The van der Waals surface area contributed by atoms with Crippen molar-refractivity contribution in [2.45, 2.75) is 12.5 Å². The second kappa shape index (κ2) is 6.44. The molecule has 3 N–H and O–H groups in total. The quantitative estimate of drug-likeness (QED) is 0.430. The number of hydrogen-bond donors (Lipinski definition) is 3. The van der Waals surface area contributed by atoms with Gasteiger partial charge in [0.2, 0.25) is 0 Å². The van der Waals surface area contributed by atoms with Gasteiger partial charge < -0.3 is 25.0 Å². The number of rotatable bonds is 4. The maximum Gasteiger partial charge on any atom is 0.293 e. The average Bonchev–Trinajstić information content (AvgIpc) is 3.34. The first-order valence-electron chi connectivity index (χ1n) is 8.48. The summed E-state index contributed by atoms with van der Waals surface area (Å²) in [7, 11) is 1.52. The van der Waals surface area contributed by atoms with Gasteiger partial charge in [0.15, 0.2) is 0 Å². The highest BCUT2D eigenvalue weighted by atomic mass is 16.6. The average molecular weight is 370 g/mol. The molecule has 0 spiro atoms. The maximum absolute atomic E-state index is 12.6. The third-order valence-electron chi connectivity index (χ3n) is 4.84. The van der Waals surface area contributed by atoms with Crippen LogP contribution in [0.25, 0.3) is 11.6 Å². The van der Waals surface area contributed by atoms with Crippen LogP contribution in [0.2, 0.25) is 0 Å². The van der Waals surface area contributed by atoms with Crippen LogP contribution in [-0.2, 0) is 4.79 Å². The van der Waals surface area contributed by atoms with E-state index in [9.17, 15) is 20.0 Å². The van der Waals surface area contributed by atoms with Gasteiger partial charge in [-0.1, -0.05) is 0 Å². The summed E-state index contributed by atoms with van der Waals surface area (Å²) in [5.41, 5.74) is 2.15. The SMILES string of the molecule is COc1cc[nH]c1/C=C1\C(=O)Nc2ccc([N+](=O)[O-])c(N3CC[C@H](O)C3)c21. The van der Waals surface area contributed by atoms with Gasteiger partial charge in [-0.05, 0) is 24.6 Å². The van der Waals surface area contributed by atoms with Crippen molar-refractivity contribution >= 4 is 34.6 Å². The van der Waals surface area contributed by atoms with Gasteiger partial charge >= 0.3 is 0 Å². The van der Waals surface area contributed by atoms with Gasteiger partial charge in [0.05, 0.1) is 35.1 Å². The third kappa shape index (κ3) is 2.81. The number of carbonyl (C=O) groups excluding carboxylic acids is 1. The molecular weight excluding hydrogens is 352 g/mol. The topological polar surface area (TPSA) is 121 Å². The zero-order valence-corrected chi connectivity index (χ0v) is 14.6. The normalized spacial score (nSPS) is 20.1. The summed E-state index contributed by atoms with van der Waals surface area (Å²) in [4.78, 5) is 28.5. The first-order chi connectivity index (χ1) is 13.0. The molecular formula is C18H18N4O5. The molecule has 2 aliphatic rings. The number of anilines is 2. The molecule has 1 saturated heterocycles. The summed E-state index contributed by atoms with van der Waals surface area (Å²) >= 11 is 0. The lowest BCUT2D eigenvalue weighted by molar-refractivity contribution is -0.384. The molecule has 27 heavy (non-hydrogen) atoms. The molecule has 9 nitrogen and oxygen atoms in total. The summed E-state index contributed by atoms with van der Waals surface area (Å²) < 4.78 is 5.27. The Kier molecular flexibility index (Phi) is 4.08. The fourth-order valence-electron chi connectivity index (χ4n) is 3.61. The van der Waals surface area contributed by atoms with E-state index in [1.54, 1.807) is 23.2 Å². The van der Waals surface area contributed by atoms with Crippen molar-refractivity contribution in [1.82, 2.24) is 4.98 Å². The van der Waals surface area contributed by atoms with E-state index in [0.29, 0.717) is 46.9 Å². The van der Waals surface area contributed by atoms with Crippen LogP contribution < -0.4 is 15.0 Å². The summed E-state index contributed by atoms with van der Waals surface area (Å²) in [6.45, 7) is 0.760. The molecule has 0 saturated carbocycles. The number of hydrogen-bond acceptors (Lipinski definition) is 6. The van der Waals surface area contributed by atoms with Crippen LogP contribution in [0, 0.1) is 10.1 Å². The highest BCUT2D eigenvalue weighted by Gasteiger charge is 2.36. The molecule has 0 aliphatic carbocycles. The molecule has 1 fully saturated rings. The molecule has 1 atom stereocenters. The summed E-state index contributed by atoms with van der Waals surface area (Å²) in [5, 5.41) is 24.3. The molecule has 1 aromatic heterocycles. The van der Waals surface area contributed by atoms with E-state index in [2.05, 4.69) is 10.3 Å². The molecule has 0 bridgehead atoms. The van der Waals surface area contributed by atoms with Crippen LogP contribution in [0.3, 0.4) is 0 Å². The van der Waals surface area contributed by atoms with Crippen molar-refractivity contribution < 1.29 is 19.6 Å². The maximum atomic E-state index is 12.6. The Labute approximate surface area is 154 Å². The molecule has 1 aromatic carbocycles. The number of fused-ring (bicyclic) bond motifs is 1. The van der Waals surface area contributed by atoms with E-state index < -0.39 is 11.0 Å². The number of carbonyl (C=O) groups is 1. The number of nitrogens with zero attached hydrogens (tertiary/aromatic N) is 2. The number of aliphatic hydroxyl groups is 1. The Hall–Kier alpha value is -3.33. The zero-order chi connectivity index (χ0) is 19.1. The Bertz CT molecular complexity index is 965. The number of aromatic amines is 1. The zero-order valence-electron chi connectivity index (χ0n) is 14.6. The highest BCUT2D eigenvalue weighted by molar-refractivity contribution is 6.36. The number of nitrogens with one attached hydrogen (secondary N) is 2. The van der Waals surface area contributed by atoms with Crippen LogP contribution in [0.1, 0.15) is 17.7 Å². The molecule has 4 rings (SSSR count). The fourth-order valence-corrected chi connectivity index (χ4v) is 3.61. The number of ether oxygens (including phenoxy) is 1. The molecule has 9 heteroatoms. The first kappa shape index (κ1) is 17.1. The fraction of sp³-hybridized carbons (Fsp3) is 0.278. The van der Waals surface area contributed by atoms with Gasteiger partial charge in [0, 0.05) is 30.9 Å². The number of amides is 1. The van der Waals surface area contributed by atoms with Gasteiger partial charge in [0.1, 0.15) is 11.4 Å². The van der Waals surface area contributed by atoms with Gasteiger partial charge in [-0.3, -0.25) is 14.9 Å². The molecule has 140 valence electrons. The third-order valence-corrected chi connectivity index (χ3v) is 4.84. The number of nitro groups is 1. The van der Waals surface area contributed by atoms with Gasteiger partial charge in [-0.15, -0.1) is 0 Å². The number of methoxy groups -OCH3 is 1. The lowest BCUT2D eigenvalue weighted by Gasteiger charge is -2.21. The van der Waals surface area contributed by atoms with E-state index in [1.807, 2.05) is 0 Å². The number of aliphatic hydroxyl groups excluding tert-OH is 1. The van der Waals surface area contributed by atoms with Gasteiger partial charge in [0.25, 0.3) is 11.6 Å². The molecule has 2 aliphatic heterocycles. The predicted molar refractivity (Wildman–Crippen MR) is 99.8 cm³/mol. The van der Waals surface area contributed by atoms with Crippen LogP contribution in [-0.4, -0.2) is 47.2 Å². The van der Waals surface area contributed by atoms with Gasteiger partial charge in [-0.2, -0.15) is 0 Å². The number of aromatic nitrogens is 1. The van der Waals surface area contributed by atoms with E-state index in [1.165, 1.54) is 19.2 Å². The minimum Gasteiger partial charge on any atom is -0.495 e. The lowest BCUT2D eigenvalue weighted by Crippen LogP contribution is -2.23. The number of nitro benzene ring substituents is 1. The highest BCUT2D eigenvalue weighted by Crippen LogP contribution is 2.46. The van der Waals surface area contributed by atoms with E-state index in [0.717, 1.165) is 0 Å². The predicted octanol–water partition coefficient (Wildman–Crippen LogP) is 2.00. The van der Waals surface area contributed by atoms with E-state index >= 15 is 0 Å². The van der Waals surface area contributed by atoms with Crippen LogP contribution in [0.4, 0.5) is 17.1 Å². The minimum absolute atomic E-state index is 0.0938. The van der Waals surface area contributed by atoms with Crippen molar-refractivity contribution in [2.75, 3.05) is 30.4 Å². The molecule has 3 heterocycles. The van der Waals surface area contributed by atoms with Gasteiger partial charge in [-0.25, -0.2) is 0 Å². The summed E-state index contributed by atoms with van der Waals surface area (Å²) in [6.07, 6.45) is 3.27. The molecule has 2 aromatic rings. The Morgan fingerprint density at radius 2 is 2.22 bits per heavy atom. The first-order valence-corrected chi connectivity index (χ1v) is 8.48. The number of benzene rings is 1. The monoisotopic (exact) mass is 370 g/mol. The van der Waals surface area contributed by atoms with Crippen molar-refractivity contribution in [3.05, 3.63) is 45.8 Å². The van der Waals surface area contributed by atoms with E-state index in [-0.39, 0.29) is 18.1 Å². The molecule has 0 unspecified atom stereocenters. The second-order valence-corrected chi connectivity index (χ2v) is 6.47. The largest absolute Gasteiger partial charge is 0.495 e.